The largest absolute Gasteiger partial charge is 0.476 e. The highest BCUT2D eigenvalue weighted by Crippen LogP contribution is 2.20. The van der Waals surface area contributed by atoms with E-state index in [4.69, 9.17) is 4.74 Å². The highest BCUT2D eigenvalue weighted by atomic mass is 19.1. The van der Waals surface area contributed by atoms with Gasteiger partial charge in [0.25, 0.3) is 0 Å². The summed E-state index contributed by atoms with van der Waals surface area (Å²) in [4.78, 5) is 11.2. The molecule has 3 nitrogen and oxygen atoms in total. The number of carbonyl (C=O) groups excluding carboxylic acids is 1. The molecule has 1 atom stereocenters. The second-order valence-electron chi connectivity index (χ2n) is 3.11. The van der Waals surface area contributed by atoms with Gasteiger partial charge in [0, 0.05) is 6.07 Å². The van der Waals surface area contributed by atoms with Crippen LogP contribution in [0.2, 0.25) is 0 Å². The highest BCUT2D eigenvalue weighted by molar-refractivity contribution is 5.74. The van der Waals surface area contributed by atoms with E-state index in [1.807, 2.05) is 0 Å². The van der Waals surface area contributed by atoms with Crippen molar-refractivity contribution in [3.63, 3.8) is 0 Å². The predicted octanol–water partition coefficient (Wildman–Crippen LogP) is 2.30. The number of hydrogen-bond donors (Lipinski definition) is 0. The van der Waals surface area contributed by atoms with Crippen molar-refractivity contribution < 1.29 is 23.0 Å². The Bertz CT molecular complexity index is 379. The molecule has 0 bridgehead atoms. The highest BCUT2D eigenvalue weighted by Gasteiger charge is 2.20. The number of benzene rings is 1. The first-order valence-electron chi connectivity index (χ1n) is 4.78. The molecule has 1 aromatic rings. The summed E-state index contributed by atoms with van der Waals surface area (Å²) in [6, 6.07) is 2.89. The number of methoxy groups -OCH3 is 1. The molecule has 0 heterocycles. The van der Waals surface area contributed by atoms with Gasteiger partial charge in [0.1, 0.15) is 5.82 Å². The van der Waals surface area contributed by atoms with E-state index in [2.05, 4.69) is 4.74 Å². The first-order chi connectivity index (χ1) is 7.58. The molecule has 0 aromatic heterocycles. The van der Waals surface area contributed by atoms with Crippen molar-refractivity contribution in [2.45, 2.75) is 19.4 Å². The van der Waals surface area contributed by atoms with E-state index in [-0.39, 0.29) is 5.75 Å². The van der Waals surface area contributed by atoms with Crippen molar-refractivity contribution >= 4 is 5.97 Å². The van der Waals surface area contributed by atoms with Crippen LogP contribution in [-0.2, 0) is 9.53 Å². The van der Waals surface area contributed by atoms with Gasteiger partial charge in [-0.15, -0.1) is 0 Å². The zero-order valence-electron chi connectivity index (χ0n) is 9.00. The van der Waals surface area contributed by atoms with Gasteiger partial charge >= 0.3 is 5.97 Å². The summed E-state index contributed by atoms with van der Waals surface area (Å²) in [6.07, 6.45) is -0.547. The summed E-state index contributed by atoms with van der Waals surface area (Å²) < 4.78 is 35.4. The summed E-state index contributed by atoms with van der Waals surface area (Å²) in [5, 5.41) is 0. The molecule has 16 heavy (non-hydrogen) atoms. The van der Waals surface area contributed by atoms with Gasteiger partial charge in [0.15, 0.2) is 17.7 Å². The third kappa shape index (κ3) is 2.92. The number of rotatable bonds is 4. The number of ether oxygens (including phenoxy) is 2. The fourth-order valence-electron chi connectivity index (χ4n) is 1.15. The summed E-state index contributed by atoms with van der Waals surface area (Å²) in [5.41, 5.74) is 0. The van der Waals surface area contributed by atoms with Crippen LogP contribution in [0.3, 0.4) is 0 Å². The van der Waals surface area contributed by atoms with Gasteiger partial charge in [0.05, 0.1) is 7.11 Å². The Hall–Kier alpha value is -1.65. The fraction of sp³-hybridized carbons (Fsp3) is 0.364. The zero-order chi connectivity index (χ0) is 12.1. The molecule has 1 unspecified atom stereocenters. The van der Waals surface area contributed by atoms with Crippen molar-refractivity contribution in [1.29, 1.82) is 0 Å². The Labute approximate surface area is 92.0 Å². The SMILES string of the molecule is CCC(Oc1ccc(F)cc1F)C(=O)OC. The average molecular weight is 230 g/mol. The number of carbonyl (C=O) groups is 1. The van der Waals surface area contributed by atoms with Gasteiger partial charge in [-0.2, -0.15) is 0 Å². The molecular weight excluding hydrogens is 218 g/mol. The first-order valence-corrected chi connectivity index (χ1v) is 4.78. The monoisotopic (exact) mass is 230 g/mol. The Kier molecular flexibility index (Phi) is 4.22. The molecular formula is C11H12F2O3. The molecule has 0 radical (unpaired) electrons. The lowest BCUT2D eigenvalue weighted by Gasteiger charge is -2.15. The van der Waals surface area contributed by atoms with Gasteiger partial charge in [-0.1, -0.05) is 6.92 Å². The van der Waals surface area contributed by atoms with Crippen molar-refractivity contribution in [3.05, 3.63) is 29.8 Å². The van der Waals surface area contributed by atoms with Crippen LogP contribution in [0.5, 0.6) is 5.75 Å². The van der Waals surface area contributed by atoms with E-state index >= 15 is 0 Å². The molecule has 0 amide bonds. The molecule has 0 spiro atoms. The van der Waals surface area contributed by atoms with Crippen LogP contribution >= 0.6 is 0 Å². The maximum Gasteiger partial charge on any atom is 0.347 e. The van der Waals surface area contributed by atoms with E-state index < -0.39 is 23.7 Å². The maximum absolute atomic E-state index is 13.2. The van der Waals surface area contributed by atoms with Gasteiger partial charge in [-0.3, -0.25) is 0 Å². The second kappa shape index (κ2) is 5.44. The van der Waals surface area contributed by atoms with Crippen molar-refractivity contribution in [1.82, 2.24) is 0 Å². The molecule has 1 rings (SSSR count). The fourth-order valence-corrected chi connectivity index (χ4v) is 1.15. The third-order valence-corrected chi connectivity index (χ3v) is 2.00. The first kappa shape index (κ1) is 12.4. The molecule has 88 valence electrons. The van der Waals surface area contributed by atoms with E-state index in [1.165, 1.54) is 7.11 Å². The minimum absolute atomic E-state index is 0.168. The Balaban J connectivity index is 2.82. The Morgan fingerprint density at radius 1 is 1.44 bits per heavy atom. The van der Waals surface area contributed by atoms with Crippen LogP contribution in [0.15, 0.2) is 18.2 Å². The molecule has 0 N–H and O–H groups in total. The normalized spacial score (nSPS) is 12.0. The topological polar surface area (TPSA) is 35.5 Å². The molecule has 0 aliphatic heterocycles. The van der Waals surface area contributed by atoms with Crippen LogP contribution in [0.25, 0.3) is 0 Å². The lowest BCUT2D eigenvalue weighted by Crippen LogP contribution is -2.28. The van der Waals surface area contributed by atoms with Crippen LogP contribution in [0.4, 0.5) is 8.78 Å². The van der Waals surface area contributed by atoms with Crippen molar-refractivity contribution in [2.75, 3.05) is 7.11 Å². The quantitative estimate of drug-likeness (QED) is 0.744. The van der Waals surface area contributed by atoms with Crippen LogP contribution in [0, 0.1) is 11.6 Å². The maximum atomic E-state index is 13.2. The molecule has 0 aliphatic rings. The summed E-state index contributed by atoms with van der Waals surface area (Å²) in [5.74, 6) is -2.30. The molecule has 0 fully saturated rings. The Morgan fingerprint density at radius 3 is 2.62 bits per heavy atom. The number of esters is 1. The number of halogens is 2. The van der Waals surface area contributed by atoms with Crippen molar-refractivity contribution in [2.24, 2.45) is 0 Å². The summed E-state index contributed by atoms with van der Waals surface area (Å²) >= 11 is 0. The Morgan fingerprint density at radius 2 is 2.12 bits per heavy atom. The smallest absolute Gasteiger partial charge is 0.347 e. The standard InChI is InChI=1S/C11H12F2O3/c1-3-9(11(14)15-2)16-10-5-4-7(12)6-8(10)13/h4-6,9H,3H2,1-2H3. The van der Waals surface area contributed by atoms with Gasteiger partial charge in [-0.05, 0) is 18.6 Å². The van der Waals surface area contributed by atoms with Gasteiger partial charge in [-0.25, -0.2) is 13.6 Å². The second-order valence-corrected chi connectivity index (χ2v) is 3.11. The minimum atomic E-state index is -0.884. The van der Waals surface area contributed by atoms with E-state index in [9.17, 15) is 13.6 Å². The zero-order valence-corrected chi connectivity index (χ0v) is 9.00. The predicted molar refractivity (Wildman–Crippen MR) is 53.1 cm³/mol. The van der Waals surface area contributed by atoms with Crippen LogP contribution < -0.4 is 4.74 Å². The number of hydrogen-bond acceptors (Lipinski definition) is 3. The summed E-state index contributed by atoms with van der Waals surface area (Å²) in [6.45, 7) is 1.70. The average Bonchev–Trinajstić information content (AvgIpc) is 2.27. The van der Waals surface area contributed by atoms with Gasteiger partial charge < -0.3 is 9.47 Å². The molecule has 0 saturated heterocycles. The van der Waals surface area contributed by atoms with Crippen LogP contribution in [0.1, 0.15) is 13.3 Å². The summed E-state index contributed by atoms with van der Waals surface area (Å²) in [7, 11) is 1.22. The molecule has 0 aliphatic carbocycles. The van der Waals surface area contributed by atoms with Crippen molar-refractivity contribution in [3.8, 4) is 5.75 Å². The molecule has 5 heteroatoms. The van der Waals surface area contributed by atoms with Crippen LogP contribution in [-0.4, -0.2) is 19.2 Å². The lowest BCUT2D eigenvalue weighted by atomic mass is 10.2. The molecule has 1 aromatic carbocycles. The van der Waals surface area contributed by atoms with Gasteiger partial charge in [0.2, 0.25) is 0 Å². The third-order valence-electron chi connectivity index (χ3n) is 2.00. The van der Waals surface area contributed by atoms with E-state index in [0.717, 1.165) is 12.1 Å². The molecule has 0 saturated carbocycles. The minimum Gasteiger partial charge on any atom is -0.476 e. The van der Waals surface area contributed by atoms with E-state index in [0.29, 0.717) is 12.5 Å². The lowest BCUT2D eigenvalue weighted by molar-refractivity contribution is -0.149. The van der Waals surface area contributed by atoms with E-state index in [1.54, 1.807) is 6.92 Å².